The van der Waals surface area contributed by atoms with Crippen molar-refractivity contribution in [2.75, 3.05) is 14.2 Å². The molecule has 0 aliphatic carbocycles. The van der Waals surface area contributed by atoms with Gasteiger partial charge in [-0.15, -0.1) is 0 Å². The molecule has 16 heavy (non-hydrogen) atoms. The smallest absolute Gasteiger partial charge is 0.164 e. The van der Waals surface area contributed by atoms with Crippen molar-refractivity contribution in [3.8, 4) is 0 Å². The van der Waals surface area contributed by atoms with E-state index < -0.39 is 5.79 Å². The fourth-order valence-corrected chi connectivity index (χ4v) is 1.59. The van der Waals surface area contributed by atoms with Crippen molar-refractivity contribution in [2.45, 2.75) is 38.4 Å². The van der Waals surface area contributed by atoms with Crippen molar-refractivity contribution in [3.63, 3.8) is 0 Å². The van der Waals surface area contributed by atoms with Crippen molar-refractivity contribution in [1.82, 2.24) is 4.98 Å². The van der Waals surface area contributed by atoms with E-state index in [1.54, 1.807) is 14.2 Å². The molecule has 0 unspecified atom stereocenters. The molecule has 90 valence electrons. The molecule has 0 spiro atoms. The first-order valence-electron chi connectivity index (χ1n) is 5.70. The fourth-order valence-electron chi connectivity index (χ4n) is 1.59. The molecule has 0 saturated carbocycles. The Kier molecular flexibility index (Phi) is 5.43. The largest absolute Gasteiger partial charge is 0.353 e. The molecular formula is C13H21NO2. The van der Waals surface area contributed by atoms with Crippen LogP contribution in [0.3, 0.4) is 0 Å². The van der Waals surface area contributed by atoms with Crippen LogP contribution in [0, 0.1) is 0 Å². The van der Waals surface area contributed by atoms with Gasteiger partial charge in [0.25, 0.3) is 0 Å². The van der Waals surface area contributed by atoms with Crippen molar-refractivity contribution in [1.29, 1.82) is 0 Å². The van der Waals surface area contributed by atoms with E-state index in [1.807, 2.05) is 25.3 Å². The molecule has 1 aromatic heterocycles. The monoisotopic (exact) mass is 223 g/mol. The van der Waals surface area contributed by atoms with E-state index in [4.69, 9.17) is 9.47 Å². The number of methoxy groups -OCH3 is 2. The normalized spacial score (nSPS) is 11.7. The maximum absolute atomic E-state index is 5.30. The highest BCUT2D eigenvalue weighted by Gasteiger charge is 2.21. The van der Waals surface area contributed by atoms with Crippen LogP contribution in [-0.2, 0) is 15.9 Å². The molecular weight excluding hydrogens is 202 g/mol. The summed E-state index contributed by atoms with van der Waals surface area (Å²) in [5.74, 6) is -0.440. The molecule has 0 N–H and O–H groups in total. The van der Waals surface area contributed by atoms with Crippen LogP contribution in [0.25, 0.3) is 0 Å². The summed E-state index contributed by atoms with van der Waals surface area (Å²) in [6.45, 7) is 1.97. The third-order valence-electron chi connectivity index (χ3n) is 2.90. The van der Waals surface area contributed by atoms with Crippen molar-refractivity contribution < 1.29 is 9.47 Å². The minimum absolute atomic E-state index is 0.440. The molecule has 0 atom stereocenters. The number of hydrogen-bond donors (Lipinski definition) is 0. The zero-order chi connectivity index (χ0) is 11.9. The summed E-state index contributed by atoms with van der Waals surface area (Å²) in [4.78, 5) is 4.29. The molecule has 0 radical (unpaired) electrons. The van der Waals surface area contributed by atoms with Gasteiger partial charge in [0.05, 0.1) is 0 Å². The first-order chi connectivity index (χ1) is 7.70. The minimum Gasteiger partial charge on any atom is -0.353 e. The van der Waals surface area contributed by atoms with E-state index in [1.165, 1.54) is 0 Å². The Bertz CT molecular complexity index is 283. The maximum atomic E-state index is 5.30. The van der Waals surface area contributed by atoms with E-state index in [9.17, 15) is 0 Å². The summed E-state index contributed by atoms with van der Waals surface area (Å²) in [7, 11) is 3.37. The predicted octanol–water partition coefficient (Wildman–Crippen LogP) is 2.80. The molecule has 0 amide bonds. The Morgan fingerprint density at radius 2 is 1.94 bits per heavy atom. The van der Waals surface area contributed by atoms with Crippen LogP contribution in [0.2, 0.25) is 0 Å². The summed E-state index contributed by atoms with van der Waals surface area (Å²) in [5.41, 5.74) is 1.15. The summed E-state index contributed by atoms with van der Waals surface area (Å²) in [6.07, 6.45) is 5.95. The van der Waals surface area contributed by atoms with Gasteiger partial charge in [-0.2, -0.15) is 0 Å². The van der Waals surface area contributed by atoms with E-state index in [-0.39, 0.29) is 0 Å². The maximum Gasteiger partial charge on any atom is 0.164 e. The number of nitrogens with zero attached hydrogens (tertiary/aromatic N) is 1. The van der Waals surface area contributed by atoms with Crippen LogP contribution in [0.15, 0.2) is 24.4 Å². The number of aryl methyl sites for hydroxylation is 1. The Hall–Kier alpha value is -0.930. The fraction of sp³-hybridized carbons (Fsp3) is 0.615. The molecule has 0 aromatic carbocycles. The quantitative estimate of drug-likeness (QED) is 0.526. The summed E-state index contributed by atoms with van der Waals surface area (Å²) >= 11 is 0. The van der Waals surface area contributed by atoms with Crippen LogP contribution in [0.1, 0.15) is 31.9 Å². The van der Waals surface area contributed by atoms with Crippen LogP contribution >= 0.6 is 0 Å². The average Bonchev–Trinajstić information content (AvgIpc) is 2.36. The second-order valence-corrected chi connectivity index (χ2v) is 4.07. The minimum atomic E-state index is -0.440. The second-order valence-electron chi connectivity index (χ2n) is 4.07. The second kappa shape index (κ2) is 6.61. The highest BCUT2D eigenvalue weighted by atomic mass is 16.7. The average molecular weight is 223 g/mol. The lowest BCUT2D eigenvalue weighted by molar-refractivity contribution is -0.197. The first kappa shape index (κ1) is 13.1. The van der Waals surface area contributed by atoms with Gasteiger partial charge in [0.15, 0.2) is 5.79 Å². The van der Waals surface area contributed by atoms with Gasteiger partial charge in [0, 0.05) is 32.5 Å². The number of ether oxygens (including phenoxy) is 2. The number of unbranched alkanes of at least 4 members (excludes halogenated alkanes) is 1. The molecule has 0 aliphatic rings. The van der Waals surface area contributed by atoms with Gasteiger partial charge in [0.1, 0.15) is 0 Å². The van der Waals surface area contributed by atoms with Gasteiger partial charge in [-0.25, -0.2) is 0 Å². The number of hydrogen-bond acceptors (Lipinski definition) is 3. The topological polar surface area (TPSA) is 31.4 Å². The van der Waals surface area contributed by atoms with Crippen molar-refractivity contribution in [3.05, 3.63) is 30.1 Å². The van der Waals surface area contributed by atoms with Crippen LogP contribution in [-0.4, -0.2) is 25.0 Å². The van der Waals surface area contributed by atoms with Crippen LogP contribution in [0.5, 0.6) is 0 Å². The Morgan fingerprint density at radius 3 is 2.50 bits per heavy atom. The van der Waals surface area contributed by atoms with E-state index >= 15 is 0 Å². The zero-order valence-electron chi connectivity index (χ0n) is 10.4. The van der Waals surface area contributed by atoms with Gasteiger partial charge in [-0.1, -0.05) is 6.07 Å². The van der Waals surface area contributed by atoms with Gasteiger partial charge in [-0.05, 0) is 38.3 Å². The first-order valence-corrected chi connectivity index (χ1v) is 5.70. The van der Waals surface area contributed by atoms with Crippen molar-refractivity contribution in [2.24, 2.45) is 0 Å². The summed E-state index contributed by atoms with van der Waals surface area (Å²) in [5, 5.41) is 0. The molecule has 3 nitrogen and oxygen atoms in total. The zero-order valence-corrected chi connectivity index (χ0v) is 10.4. The number of aromatic nitrogens is 1. The SMILES string of the molecule is COC(C)(CCCCc1ccccn1)OC. The number of pyridine rings is 1. The van der Waals surface area contributed by atoms with Gasteiger partial charge >= 0.3 is 0 Å². The Morgan fingerprint density at radius 1 is 1.19 bits per heavy atom. The molecule has 1 heterocycles. The van der Waals surface area contributed by atoms with Gasteiger partial charge in [-0.3, -0.25) is 4.98 Å². The predicted molar refractivity (Wildman–Crippen MR) is 64.2 cm³/mol. The summed E-state index contributed by atoms with van der Waals surface area (Å²) in [6, 6.07) is 6.03. The summed E-state index contributed by atoms with van der Waals surface area (Å²) < 4.78 is 10.6. The number of rotatable bonds is 7. The molecule has 0 aliphatic heterocycles. The van der Waals surface area contributed by atoms with Gasteiger partial charge < -0.3 is 9.47 Å². The highest BCUT2D eigenvalue weighted by Crippen LogP contribution is 2.18. The van der Waals surface area contributed by atoms with Crippen molar-refractivity contribution >= 4 is 0 Å². The third kappa shape index (κ3) is 4.29. The lowest BCUT2D eigenvalue weighted by atomic mass is 10.1. The van der Waals surface area contributed by atoms with E-state index in [0.717, 1.165) is 31.4 Å². The molecule has 0 bridgehead atoms. The van der Waals surface area contributed by atoms with E-state index in [2.05, 4.69) is 11.1 Å². The molecule has 0 fully saturated rings. The molecule has 0 saturated heterocycles. The van der Waals surface area contributed by atoms with Gasteiger partial charge in [0.2, 0.25) is 0 Å². The third-order valence-corrected chi connectivity index (χ3v) is 2.90. The molecule has 1 aromatic rings. The Labute approximate surface area is 97.8 Å². The lowest BCUT2D eigenvalue weighted by Crippen LogP contribution is -2.29. The standard InChI is InChI=1S/C13H21NO2/c1-13(15-2,16-3)10-6-4-8-12-9-5-7-11-14-12/h5,7,9,11H,4,6,8,10H2,1-3H3. The van der Waals surface area contributed by atoms with E-state index in [0.29, 0.717) is 0 Å². The van der Waals surface area contributed by atoms with Crippen LogP contribution in [0.4, 0.5) is 0 Å². The Balaban J connectivity index is 2.22. The van der Waals surface area contributed by atoms with Crippen LogP contribution < -0.4 is 0 Å². The molecule has 1 rings (SSSR count). The lowest BCUT2D eigenvalue weighted by Gasteiger charge is -2.26. The molecule has 3 heteroatoms. The highest BCUT2D eigenvalue weighted by molar-refractivity contribution is 5.03.